The zero-order valence-corrected chi connectivity index (χ0v) is 13.2. The van der Waals surface area contributed by atoms with Crippen molar-refractivity contribution < 1.29 is 16.8 Å². The van der Waals surface area contributed by atoms with Crippen molar-refractivity contribution in [2.75, 3.05) is 28.7 Å². The molecule has 0 radical (unpaired) electrons. The molecular formula is C12H20N2O4S2. The van der Waals surface area contributed by atoms with Gasteiger partial charge in [-0.05, 0) is 37.6 Å². The molecule has 8 heteroatoms. The lowest BCUT2D eigenvalue weighted by Gasteiger charge is -2.24. The fourth-order valence-corrected chi connectivity index (χ4v) is 5.30. The van der Waals surface area contributed by atoms with Crippen molar-refractivity contribution in [3.8, 4) is 0 Å². The van der Waals surface area contributed by atoms with Crippen LogP contribution < -0.4 is 10.0 Å². The highest BCUT2D eigenvalue weighted by Crippen LogP contribution is 2.20. The van der Waals surface area contributed by atoms with E-state index in [0.717, 1.165) is 16.1 Å². The number of nitrogens with zero attached hydrogens (tertiary/aromatic N) is 1. The molecule has 1 aromatic rings. The molecule has 0 saturated heterocycles. The number of hydrogen-bond donors (Lipinski definition) is 1. The van der Waals surface area contributed by atoms with Gasteiger partial charge in [0.15, 0.2) is 14.9 Å². The molecule has 1 aromatic carbocycles. The highest BCUT2D eigenvalue weighted by molar-refractivity contribution is 8.08. The van der Waals surface area contributed by atoms with Crippen LogP contribution >= 0.6 is 0 Å². The molecule has 6 nitrogen and oxygen atoms in total. The lowest BCUT2D eigenvalue weighted by Crippen LogP contribution is -2.36. The first-order valence-electron chi connectivity index (χ1n) is 6.10. The highest BCUT2D eigenvalue weighted by atomic mass is 32.3. The molecule has 0 spiro atoms. The van der Waals surface area contributed by atoms with Gasteiger partial charge in [0.1, 0.15) is 0 Å². The minimum Gasteiger partial charge on any atom is -0.330 e. The zero-order valence-electron chi connectivity index (χ0n) is 11.6. The molecule has 0 atom stereocenters. The topological polar surface area (TPSA) is 97.5 Å². The zero-order chi connectivity index (χ0) is 15.4. The van der Waals surface area contributed by atoms with Crippen molar-refractivity contribution in [1.82, 2.24) is 0 Å². The third-order valence-corrected chi connectivity index (χ3v) is 6.52. The highest BCUT2D eigenvalue weighted by Gasteiger charge is 2.26. The van der Waals surface area contributed by atoms with E-state index in [1.165, 1.54) is 0 Å². The quantitative estimate of drug-likeness (QED) is 0.788. The molecule has 0 aromatic heterocycles. The van der Waals surface area contributed by atoms with Gasteiger partial charge >= 0.3 is 0 Å². The van der Waals surface area contributed by atoms with Crippen LogP contribution in [0.2, 0.25) is 0 Å². The number of nitrogens with two attached hydrogens (primary N) is 1. The van der Waals surface area contributed by atoms with Gasteiger partial charge in [-0.1, -0.05) is 12.1 Å². The van der Waals surface area contributed by atoms with E-state index >= 15 is 0 Å². The number of sulfone groups is 1. The second kappa shape index (κ2) is 6.55. The lowest BCUT2D eigenvalue weighted by atomic mass is 10.2. The molecule has 0 aliphatic rings. The summed E-state index contributed by atoms with van der Waals surface area (Å²) in [4.78, 5) is 0. The summed E-state index contributed by atoms with van der Waals surface area (Å²) in [5.41, 5.74) is 6.77. The van der Waals surface area contributed by atoms with Gasteiger partial charge in [-0.25, -0.2) is 16.8 Å². The SMILES string of the molecule is Cc1cccc(N(CCCN)S(=O)(=O)CS(C)(=O)=O)c1. The molecule has 0 aliphatic heterocycles. The average Bonchev–Trinajstić information content (AvgIpc) is 2.26. The first-order chi connectivity index (χ1) is 9.15. The molecule has 2 N–H and O–H groups in total. The average molecular weight is 320 g/mol. The number of rotatable bonds is 7. The Hall–Kier alpha value is -1.12. The number of sulfonamides is 1. The summed E-state index contributed by atoms with van der Waals surface area (Å²) >= 11 is 0. The smallest absolute Gasteiger partial charge is 0.249 e. The Balaban J connectivity index is 3.19. The Kier molecular flexibility index (Phi) is 5.55. The Morgan fingerprint density at radius 1 is 1.20 bits per heavy atom. The van der Waals surface area contributed by atoms with Crippen molar-refractivity contribution in [3.05, 3.63) is 29.8 Å². The first kappa shape index (κ1) is 16.9. The van der Waals surface area contributed by atoms with Crippen LogP contribution in [-0.4, -0.2) is 41.3 Å². The molecular weight excluding hydrogens is 300 g/mol. The van der Waals surface area contributed by atoms with Crippen molar-refractivity contribution >= 4 is 25.5 Å². The number of aryl methyl sites for hydroxylation is 1. The summed E-state index contributed by atoms with van der Waals surface area (Å²) in [5.74, 6) is 0. The fraction of sp³-hybridized carbons (Fsp3) is 0.500. The maximum absolute atomic E-state index is 12.3. The van der Waals surface area contributed by atoms with Gasteiger partial charge in [0.05, 0.1) is 5.69 Å². The monoisotopic (exact) mass is 320 g/mol. The van der Waals surface area contributed by atoms with Crippen LogP contribution in [0.5, 0.6) is 0 Å². The molecule has 0 aliphatic carbocycles. The molecule has 0 saturated carbocycles. The molecule has 0 unspecified atom stereocenters. The van der Waals surface area contributed by atoms with Gasteiger partial charge in [0.2, 0.25) is 10.0 Å². The summed E-state index contributed by atoms with van der Waals surface area (Å²) in [5, 5.41) is -0.904. The van der Waals surface area contributed by atoms with Crippen LogP contribution in [0.4, 0.5) is 5.69 Å². The van der Waals surface area contributed by atoms with E-state index in [9.17, 15) is 16.8 Å². The summed E-state index contributed by atoms with van der Waals surface area (Å²) < 4.78 is 48.2. The predicted octanol–water partition coefficient (Wildman–Crippen LogP) is 0.482. The summed E-state index contributed by atoms with van der Waals surface area (Å²) in [6, 6.07) is 6.92. The molecule has 0 heterocycles. The maximum Gasteiger partial charge on any atom is 0.249 e. The van der Waals surface area contributed by atoms with E-state index in [4.69, 9.17) is 5.73 Å². The van der Waals surface area contributed by atoms with Crippen LogP contribution in [0.3, 0.4) is 0 Å². The Morgan fingerprint density at radius 3 is 2.35 bits per heavy atom. The molecule has 20 heavy (non-hydrogen) atoms. The lowest BCUT2D eigenvalue weighted by molar-refractivity contribution is 0.587. The summed E-state index contributed by atoms with van der Waals surface area (Å²) in [6.45, 7) is 2.34. The number of hydrogen-bond acceptors (Lipinski definition) is 5. The van der Waals surface area contributed by atoms with Gasteiger partial charge in [-0.15, -0.1) is 0 Å². The van der Waals surface area contributed by atoms with E-state index in [1.807, 2.05) is 13.0 Å². The number of anilines is 1. The molecule has 1 rings (SSSR count). The molecule has 0 amide bonds. The maximum atomic E-state index is 12.3. The summed E-state index contributed by atoms with van der Waals surface area (Å²) in [6.07, 6.45) is 1.36. The molecule has 0 fully saturated rings. The van der Waals surface area contributed by atoms with E-state index in [1.54, 1.807) is 18.2 Å². The molecule has 0 bridgehead atoms. The third kappa shape index (κ3) is 5.10. The Bertz CT molecular complexity index is 654. The van der Waals surface area contributed by atoms with Crippen LogP contribution in [0.15, 0.2) is 24.3 Å². The van der Waals surface area contributed by atoms with Crippen molar-refractivity contribution in [3.63, 3.8) is 0 Å². The largest absolute Gasteiger partial charge is 0.330 e. The van der Waals surface area contributed by atoms with Crippen LogP contribution in [0, 0.1) is 6.92 Å². The standard InChI is InChI=1S/C12H20N2O4S2/c1-11-5-3-6-12(9-11)14(8-4-7-13)20(17,18)10-19(2,15)16/h3,5-6,9H,4,7-8,10,13H2,1-2H3. The van der Waals surface area contributed by atoms with Crippen LogP contribution in [0.1, 0.15) is 12.0 Å². The Labute approximate surface area is 120 Å². The van der Waals surface area contributed by atoms with Crippen LogP contribution in [-0.2, 0) is 19.9 Å². The Morgan fingerprint density at radius 2 is 1.85 bits per heavy atom. The predicted molar refractivity (Wildman–Crippen MR) is 80.8 cm³/mol. The minimum absolute atomic E-state index is 0.164. The third-order valence-electron chi connectivity index (χ3n) is 2.55. The second-order valence-electron chi connectivity index (χ2n) is 4.71. The van der Waals surface area contributed by atoms with Gasteiger partial charge in [0, 0.05) is 12.8 Å². The normalized spacial score (nSPS) is 12.3. The molecule has 114 valence electrons. The van der Waals surface area contributed by atoms with E-state index in [-0.39, 0.29) is 6.54 Å². The first-order valence-corrected chi connectivity index (χ1v) is 9.77. The minimum atomic E-state index is -3.93. The fourth-order valence-electron chi connectivity index (χ4n) is 1.78. The van der Waals surface area contributed by atoms with Crippen molar-refractivity contribution in [2.24, 2.45) is 5.73 Å². The van der Waals surface area contributed by atoms with Gasteiger partial charge in [-0.3, -0.25) is 4.31 Å². The van der Waals surface area contributed by atoms with Crippen molar-refractivity contribution in [1.29, 1.82) is 0 Å². The van der Waals surface area contributed by atoms with E-state index < -0.39 is 24.9 Å². The number of benzene rings is 1. The second-order valence-corrected chi connectivity index (χ2v) is 9.11. The van der Waals surface area contributed by atoms with Crippen LogP contribution in [0.25, 0.3) is 0 Å². The van der Waals surface area contributed by atoms with E-state index in [0.29, 0.717) is 18.7 Å². The van der Waals surface area contributed by atoms with Gasteiger partial charge < -0.3 is 5.73 Å². The van der Waals surface area contributed by atoms with Gasteiger partial charge in [0.25, 0.3) is 0 Å². The van der Waals surface area contributed by atoms with Crippen molar-refractivity contribution in [2.45, 2.75) is 13.3 Å². The summed E-state index contributed by atoms with van der Waals surface area (Å²) in [7, 11) is -7.56. The van der Waals surface area contributed by atoms with E-state index in [2.05, 4.69) is 0 Å². The van der Waals surface area contributed by atoms with Gasteiger partial charge in [-0.2, -0.15) is 0 Å².